The molecule has 186 valence electrons. The predicted molar refractivity (Wildman–Crippen MR) is 138 cm³/mol. The summed E-state index contributed by atoms with van der Waals surface area (Å²) in [6.07, 6.45) is 3.93. The minimum atomic E-state index is -1.08. The van der Waals surface area contributed by atoms with Crippen molar-refractivity contribution in [2.75, 3.05) is 11.5 Å². The number of hydrogen-bond acceptors (Lipinski definition) is 8. The molecule has 0 saturated carbocycles. The lowest BCUT2D eigenvalue weighted by atomic mass is 9.96. The van der Waals surface area contributed by atoms with Crippen molar-refractivity contribution in [3.63, 3.8) is 0 Å². The van der Waals surface area contributed by atoms with Crippen LogP contribution in [0.2, 0.25) is 0 Å². The summed E-state index contributed by atoms with van der Waals surface area (Å²) in [5, 5.41) is 20.8. The van der Waals surface area contributed by atoms with Crippen LogP contribution in [0.3, 0.4) is 0 Å². The fourth-order valence-electron chi connectivity index (χ4n) is 4.12. The zero-order valence-corrected chi connectivity index (χ0v) is 20.4. The number of Topliss-reactive ketones (excluding diaryl/α,β-unsaturated/α-hetero) is 1. The normalized spacial score (nSPS) is 16.9. The Labute approximate surface area is 215 Å². The molecule has 1 aliphatic rings. The monoisotopic (exact) mass is 515 g/mol. The largest absolute Gasteiger partial charge is 0.507 e. The minimum Gasteiger partial charge on any atom is -0.507 e. The first kappa shape index (κ1) is 24.1. The number of carboxylic acid groups (broad SMARTS) is 1. The Morgan fingerprint density at radius 2 is 1.84 bits per heavy atom. The summed E-state index contributed by atoms with van der Waals surface area (Å²) < 4.78 is 6.14. The third-order valence-electron chi connectivity index (χ3n) is 5.88. The lowest BCUT2D eigenvalue weighted by molar-refractivity contribution is -0.132. The highest BCUT2D eigenvalue weighted by Gasteiger charge is 2.48. The van der Waals surface area contributed by atoms with Crippen molar-refractivity contribution in [1.82, 2.24) is 9.97 Å². The molecule has 1 saturated heterocycles. The summed E-state index contributed by atoms with van der Waals surface area (Å²) >= 11 is 1.09. The zero-order valence-electron chi connectivity index (χ0n) is 19.6. The summed E-state index contributed by atoms with van der Waals surface area (Å²) in [7, 11) is 0. The zero-order chi connectivity index (χ0) is 26.1. The van der Waals surface area contributed by atoms with Gasteiger partial charge in [0.25, 0.3) is 5.78 Å². The lowest BCUT2D eigenvalue weighted by Crippen LogP contribution is -2.29. The van der Waals surface area contributed by atoms with E-state index in [0.717, 1.165) is 17.8 Å². The Morgan fingerprint density at radius 3 is 2.51 bits per heavy atom. The van der Waals surface area contributed by atoms with Gasteiger partial charge in [-0.05, 0) is 60.5 Å². The number of hydrogen-bond donors (Lipinski definition) is 2. The highest BCUT2D eigenvalue weighted by molar-refractivity contribution is 7.22. The predicted octanol–water partition coefficient (Wildman–Crippen LogP) is 4.80. The van der Waals surface area contributed by atoms with Crippen molar-refractivity contribution < 1.29 is 29.3 Å². The van der Waals surface area contributed by atoms with Gasteiger partial charge in [-0.15, -0.1) is 0 Å². The van der Waals surface area contributed by atoms with Crippen LogP contribution in [0, 0.1) is 0 Å². The Bertz CT molecular complexity index is 1550. The van der Waals surface area contributed by atoms with E-state index >= 15 is 0 Å². The number of aliphatic hydroxyl groups excluding tert-OH is 1. The molecule has 1 amide bonds. The molecule has 5 rings (SSSR count). The molecule has 37 heavy (non-hydrogen) atoms. The van der Waals surface area contributed by atoms with Gasteiger partial charge in [-0.1, -0.05) is 24.3 Å². The van der Waals surface area contributed by atoms with Crippen LogP contribution in [0.5, 0.6) is 5.75 Å². The first-order valence-electron chi connectivity index (χ1n) is 11.5. The maximum Gasteiger partial charge on any atom is 0.335 e. The number of ether oxygens (including phenoxy) is 1. The third-order valence-corrected chi connectivity index (χ3v) is 6.89. The van der Waals surface area contributed by atoms with E-state index in [1.807, 2.05) is 6.92 Å². The van der Waals surface area contributed by atoms with Crippen molar-refractivity contribution in [3.8, 4) is 5.75 Å². The second-order valence-electron chi connectivity index (χ2n) is 8.31. The number of thiazole rings is 1. The number of aromatic carboxylic acids is 1. The highest BCUT2D eigenvalue weighted by Crippen LogP contribution is 2.44. The summed E-state index contributed by atoms with van der Waals surface area (Å²) in [6.45, 7) is 2.54. The van der Waals surface area contributed by atoms with Crippen LogP contribution in [0.1, 0.15) is 40.9 Å². The first-order valence-corrected chi connectivity index (χ1v) is 12.3. The van der Waals surface area contributed by atoms with Crippen molar-refractivity contribution in [3.05, 3.63) is 89.3 Å². The molecule has 0 spiro atoms. The topological polar surface area (TPSA) is 130 Å². The van der Waals surface area contributed by atoms with Crippen molar-refractivity contribution in [2.24, 2.45) is 0 Å². The van der Waals surface area contributed by atoms with E-state index in [0.29, 0.717) is 33.7 Å². The molecule has 0 bridgehead atoms. The van der Waals surface area contributed by atoms with Gasteiger partial charge in [0, 0.05) is 18.0 Å². The molecule has 1 atom stereocenters. The maximum atomic E-state index is 13.3. The number of benzene rings is 2. The Morgan fingerprint density at radius 1 is 1.08 bits per heavy atom. The molecule has 2 aromatic carbocycles. The van der Waals surface area contributed by atoms with Crippen molar-refractivity contribution in [1.29, 1.82) is 0 Å². The van der Waals surface area contributed by atoms with Gasteiger partial charge >= 0.3 is 11.9 Å². The molecule has 1 aliphatic heterocycles. The number of rotatable bonds is 7. The van der Waals surface area contributed by atoms with E-state index in [1.165, 1.54) is 23.2 Å². The van der Waals surface area contributed by atoms with Crippen LogP contribution in [0.25, 0.3) is 16.0 Å². The molecule has 0 radical (unpaired) electrons. The molecular formula is C27H21N3O6S. The summed E-state index contributed by atoms with van der Waals surface area (Å²) in [5.74, 6) is -2.50. The average Bonchev–Trinajstić information content (AvgIpc) is 3.45. The van der Waals surface area contributed by atoms with Crippen LogP contribution < -0.4 is 9.64 Å². The molecule has 1 fully saturated rings. The van der Waals surface area contributed by atoms with Gasteiger partial charge in [0.1, 0.15) is 11.5 Å². The third kappa shape index (κ3) is 4.43. The first-order chi connectivity index (χ1) is 17.9. The van der Waals surface area contributed by atoms with E-state index in [2.05, 4.69) is 9.97 Å². The number of carbonyl (C=O) groups excluding carboxylic acids is 2. The number of carbonyl (C=O) groups is 3. The molecule has 9 nitrogen and oxygen atoms in total. The van der Waals surface area contributed by atoms with Gasteiger partial charge in [-0.2, -0.15) is 0 Å². The van der Waals surface area contributed by atoms with Crippen LogP contribution in [-0.2, 0) is 9.59 Å². The van der Waals surface area contributed by atoms with Crippen molar-refractivity contribution in [2.45, 2.75) is 19.4 Å². The second kappa shape index (κ2) is 9.82. The van der Waals surface area contributed by atoms with Gasteiger partial charge in [-0.3, -0.25) is 19.5 Å². The molecule has 0 aliphatic carbocycles. The number of carboxylic acids is 1. The van der Waals surface area contributed by atoms with E-state index < -0.39 is 23.7 Å². The summed E-state index contributed by atoms with van der Waals surface area (Å²) in [5.41, 5.74) is 1.34. The van der Waals surface area contributed by atoms with Crippen LogP contribution in [0.15, 0.2) is 72.6 Å². The Kier molecular flexibility index (Phi) is 6.41. The van der Waals surface area contributed by atoms with Gasteiger partial charge < -0.3 is 14.9 Å². The molecule has 4 aromatic rings. The van der Waals surface area contributed by atoms with Crippen LogP contribution >= 0.6 is 11.3 Å². The lowest BCUT2D eigenvalue weighted by Gasteiger charge is -2.22. The van der Waals surface area contributed by atoms with Gasteiger partial charge in [0.05, 0.1) is 34.0 Å². The minimum absolute atomic E-state index is 0.0833. The molecular weight excluding hydrogens is 494 g/mol. The molecule has 10 heteroatoms. The smallest absolute Gasteiger partial charge is 0.335 e. The summed E-state index contributed by atoms with van der Waals surface area (Å²) in [6, 6.07) is 13.5. The number of nitrogens with zero attached hydrogens (tertiary/aromatic N) is 3. The number of anilines is 1. The molecule has 2 N–H and O–H groups in total. The number of pyridine rings is 1. The quantitative estimate of drug-likeness (QED) is 0.204. The Hall–Kier alpha value is -4.57. The van der Waals surface area contributed by atoms with Gasteiger partial charge in [0.15, 0.2) is 5.13 Å². The highest BCUT2D eigenvalue weighted by atomic mass is 32.1. The number of fused-ring (bicyclic) bond motifs is 1. The average molecular weight is 516 g/mol. The van der Waals surface area contributed by atoms with E-state index in [-0.39, 0.29) is 22.0 Å². The molecule has 2 aromatic heterocycles. The number of aliphatic hydroxyl groups is 1. The standard InChI is InChI=1S/C27H21N3O6S/c1-2-12-36-18-8-5-15(6-9-18)23(31)21-22(17-4-3-11-28-14-17)30(25(33)24(21)32)27-29-19-10-7-16(26(34)35)13-20(19)37-27/h3-11,13-14,22,31H,2,12H2,1H3,(H,34,35)/b23-21+. The van der Waals surface area contributed by atoms with Crippen LogP contribution in [-0.4, -0.2) is 44.4 Å². The number of ketones is 1. The van der Waals surface area contributed by atoms with Gasteiger partial charge in [-0.25, -0.2) is 9.78 Å². The SMILES string of the molecule is CCCOc1ccc(/C(O)=C2\C(=O)C(=O)N(c3nc4ccc(C(=O)O)cc4s3)C2c2cccnc2)cc1. The van der Waals surface area contributed by atoms with Crippen molar-refractivity contribution >= 4 is 50.1 Å². The van der Waals surface area contributed by atoms with E-state index in [9.17, 15) is 24.6 Å². The fraction of sp³-hybridized carbons (Fsp3) is 0.148. The Balaban J connectivity index is 1.63. The van der Waals surface area contributed by atoms with Gasteiger partial charge in [0.2, 0.25) is 0 Å². The number of amides is 1. The maximum absolute atomic E-state index is 13.3. The number of aromatic nitrogens is 2. The van der Waals surface area contributed by atoms with E-state index in [4.69, 9.17) is 4.74 Å². The second-order valence-corrected chi connectivity index (χ2v) is 9.32. The fourth-order valence-corrected chi connectivity index (χ4v) is 5.15. The van der Waals surface area contributed by atoms with Crippen LogP contribution in [0.4, 0.5) is 5.13 Å². The van der Waals surface area contributed by atoms with E-state index in [1.54, 1.807) is 48.7 Å². The summed E-state index contributed by atoms with van der Waals surface area (Å²) in [4.78, 5) is 47.9. The molecule has 1 unspecified atom stereocenters. The molecule has 3 heterocycles.